The van der Waals surface area contributed by atoms with Gasteiger partial charge in [-0.3, -0.25) is 43.2 Å². The Labute approximate surface area is 391 Å². The fraction of sp³-hybridized carbons (Fsp3) is 0.762. The van der Waals surface area contributed by atoms with Gasteiger partial charge in [0.15, 0.2) is 0 Å². The van der Waals surface area contributed by atoms with Crippen molar-refractivity contribution in [1.29, 1.82) is 0 Å². The van der Waals surface area contributed by atoms with Crippen molar-refractivity contribution in [3.05, 3.63) is 0 Å². The molecule has 10 atom stereocenters. The molecular weight excluding hydrogens is 885 g/mol. The highest BCUT2D eigenvalue weighted by atomic mass is 32.2. The first-order valence-electron chi connectivity index (χ1n) is 22.1. The maximum atomic E-state index is 14.0. The summed E-state index contributed by atoms with van der Waals surface area (Å²) < 4.78 is 5.81. The Morgan fingerprint density at radius 2 is 1.12 bits per heavy atom. The van der Waals surface area contributed by atoms with Gasteiger partial charge < -0.3 is 69.8 Å². The highest BCUT2D eigenvalue weighted by molar-refractivity contribution is 7.98. The van der Waals surface area contributed by atoms with E-state index in [9.17, 15) is 58.2 Å². The Hall–Kier alpha value is -5.07. The second-order valence-electron chi connectivity index (χ2n) is 17.6. The van der Waals surface area contributed by atoms with E-state index in [2.05, 4.69) is 31.9 Å². The molecular formula is C42H76N10O13S. The summed E-state index contributed by atoms with van der Waals surface area (Å²) in [7, 11) is 0. The second kappa shape index (κ2) is 31.0. The summed E-state index contributed by atoms with van der Waals surface area (Å²) in [5.41, 5.74) is 22.9. The van der Waals surface area contributed by atoms with Crippen LogP contribution in [0.15, 0.2) is 0 Å². The molecule has 23 nitrogen and oxygen atoms in total. The number of rotatable bonds is 34. The first kappa shape index (κ1) is 60.9. The van der Waals surface area contributed by atoms with Crippen molar-refractivity contribution in [3.63, 3.8) is 0 Å². The summed E-state index contributed by atoms with van der Waals surface area (Å²) in [6.45, 7) is 13.8. The van der Waals surface area contributed by atoms with Gasteiger partial charge in [-0.25, -0.2) is 4.79 Å². The number of carbonyl (C=O) groups excluding carboxylic acids is 8. The number of hydrogen-bond donors (Lipinski definition) is 12. The molecule has 0 aromatic rings. The Morgan fingerprint density at radius 3 is 1.61 bits per heavy atom. The number of primary amides is 2. The molecule has 66 heavy (non-hydrogen) atoms. The SMILES string of the molecule is CC[C@H](C)[C@H](NC(=O)[C@@H](N)CCC(N)=O)C(=O)N[C@@H](CC(=O)O)C(=O)O[C@@H](CN[C@@H](CCSC)C(=O)N[C@H](C(=O)N[C@@H](CC(C)C)C(=O)N[C@@H](CC(=O)O)C(N)=O)C(C)C)[C@@H](N)CC(C)C. The summed E-state index contributed by atoms with van der Waals surface area (Å²) in [4.78, 5) is 128. The monoisotopic (exact) mass is 961 g/mol. The normalized spacial score (nSPS) is 16.0. The molecule has 0 saturated heterocycles. The Kier molecular flexibility index (Phi) is 28.6. The van der Waals surface area contributed by atoms with E-state index in [1.54, 1.807) is 41.5 Å². The molecule has 0 saturated carbocycles. The van der Waals surface area contributed by atoms with Gasteiger partial charge in [-0.2, -0.15) is 11.8 Å². The zero-order valence-corrected chi connectivity index (χ0v) is 40.5. The van der Waals surface area contributed by atoms with Crippen molar-refractivity contribution in [2.75, 3.05) is 18.6 Å². The first-order chi connectivity index (χ1) is 30.6. The standard InChI is InChI=1S/C42H76N10O13S/c1-10-23(8)35(52-37(59)24(43)11-12-31(45)53)41(63)50-29(18-33(56)57)42(64)65-30(25(44)15-20(2)3)19-47-26(13-14-66-9)38(60)51-34(22(6)7)40(62)49-28(16-21(4)5)39(61)48-27(36(46)58)17-32(54)55/h20-30,34-35,47H,10-19,43-44H2,1-9H3,(H2,45,53)(H2,46,58)(H,48,61)(H,49,62)(H,50,63)(H,51,60)(H,52,59)(H,54,55)(H,56,57)/t23-,24-,25-,26-,27-,28-,29-,30-,34-,35-/m0/s1. The average molecular weight is 961 g/mol. The average Bonchev–Trinajstić information content (AvgIpc) is 3.20. The summed E-state index contributed by atoms with van der Waals surface area (Å²) in [5.74, 6) is -10.4. The number of nitrogens with two attached hydrogens (primary N) is 4. The number of carbonyl (C=O) groups is 10. The molecule has 0 aliphatic heterocycles. The van der Waals surface area contributed by atoms with E-state index in [1.165, 1.54) is 11.8 Å². The number of hydrogen-bond acceptors (Lipinski definition) is 15. The van der Waals surface area contributed by atoms with Crippen LogP contribution in [-0.4, -0.2) is 142 Å². The van der Waals surface area contributed by atoms with Gasteiger partial charge in [0.1, 0.15) is 36.3 Å². The first-order valence-corrected chi connectivity index (χ1v) is 23.5. The van der Waals surface area contributed by atoms with Gasteiger partial charge in [-0.15, -0.1) is 0 Å². The van der Waals surface area contributed by atoms with E-state index in [-0.39, 0.29) is 44.1 Å². The molecule has 0 bridgehead atoms. The molecule has 0 aliphatic carbocycles. The third-order valence-corrected chi connectivity index (χ3v) is 11.1. The number of esters is 1. The zero-order chi connectivity index (χ0) is 51.0. The van der Waals surface area contributed by atoms with Crippen LogP contribution < -0.4 is 54.8 Å². The fourth-order valence-corrected chi connectivity index (χ4v) is 6.94. The topological polar surface area (TPSA) is 397 Å². The van der Waals surface area contributed by atoms with Crippen molar-refractivity contribution in [2.45, 2.75) is 161 Å². The van der Waals surface area contributed by atoms with Crippen LogP contribution in [-0.2, 0) is 52.7 Å². The maximum absolute atomic E-state index is 14.0. The summed E-state index contributed by atoms with van der Waals surface area (Å²) in [5, 5.41) is 34.5. The molecule has 0 unspecified atom stereocenters. The highest BCUT2D eigenvalue weighted by Crippen LogP contribution is 2.15. The quantitative estimate of drug-likeness (QED) is 0.0316. The molecule has 0 aliphatic rings. The van der Waals surface area contributed by atoms with Gasteiger partial charge in [-0.05, 0) is 61.4 Å². The number of carboxylic acids is 2. The van der Waals surface area contributed by atoms with Gasteiger partial charge in [0.25, 0.3) is 0 Å². The molecule has 0 aromatic heterocycles. The van der Waals surface area contributed by atoms with Crippen molar-refractivity contribution in [2.24, 2.45) is 46.6 Å². The van der Waals surface area contributed by atoms with Crippen LogP contribution in [0.1, 0.15) is 107 Å². The second-order valence-corrected chi connectivity index (χ2v) is 18.6. The molecule has 0 rings (SSSR count). The number of thioether (sulfide) groups is 1. The summed E-state index contributed by atoms with van der Waals surface area (Å²) in [6.07, 6.45) is -0.352. The van der Waals surface area contributed by atoms with E-state index in [1.807, 2.05) is 20.1 Å². The fourth-order valence-electron chi connectivity index (χ4n) is 6.47. The van der Waals surface area contributed by atoms with Crippen molar-refractivity contribution in [1.82, 2.24) is 31.9 Å². The predicted molar refractivity (Wildman–Crippen MR) is 246 cm³/mol. The van der Waals surface area contributed by atoms with Gasteiger partial charge >= 0.3 is 17.9 Å². The molecule has 0 aromatic carbocycles. The van der Waals surface area contributed by atoms with E-state index in [0.717, 1.165) is 0 Å². The minimum atomic E-state index is -1.75. The molecule has 0 radical (unpaired) electrons. The predicted octanol–water partition coefficient (Wildman–Crippen LogP) is -1.82. The lowest BCUT2D eigenvalue weighted by molar-refractivity contribution is -0.157. The van der Waals surface area contributed by atoms with Gasteiger partial charge in [0.2, 0.25) is 41.4 Å². The number of aliphatic carboxylic acids is 2. The lowest BCUT2D eigenvalue weighted by Gasteiger charge is -2.31. The smallest absolute Gasteiger partial charge is 0.329 e. The van der Waals surface area contributed by atoms with E-state index >= 15 is 0 Å². The van der Waals surface area contributed by atoms with Crippen LogP contribution in [0.3, 0.4) is 0 Å². The van der Waals surface area contributed by atoms with Crippen molar-refractivity contribution in [3.8, 4) is 0 Å². The maximum Gasteiger partial charge on any atom is 0.329 e. The van der Waals surface area contributed by atoms with E-state index in [0.29, 0.717) is 18.6 Å². The number of ether oxygens (including phenoxy) is 1. The number of carboxylic acid groups (broad SMARTS) is 2. The lowest BCUT2D eigenvalue weighted by Crippen LogP contribution is -2.60. The van der Waals surface area contributed by atoms with Crippen LogP contribution in [0, 0.1) is 23.7 Å². The van der Waals surface area contributed by atoms with E-state index < -0.39 is 138 Å². The molecule has 0 fully saturated rings. The van der Waals surface area contributed by atoms with Gasteiger partial charge in [-0.1, -0.05) is 61.8 Å². The van der Waals surface area contributed by atoms with Crippen molar-refractivity contribution < 1.29 is 62.9 Å². The number of amides is 7. The Bertz CT molecular complexity index is 1650. The molecule has 7 amide bonds. The minimum absolute atomic E-state index is 0.00804. The largest absolute Gasteiger partial charge is 0.481 e. The third kappa shape index (κ3) is 23.9. The Morgan fingerprint density at radius 1 is 0.621 bits per heavy atom. The van der Waals surface area contributed by atoms with Crippen LogP contribution in [0.4, 0.5) is 0 Å². The lowest BCUT2D eigenvalue weighted by atomic mass is 9.97. The molecule has 0 heterocycles. The molecule has 0 spiro atoms. The number of nitrogens with one attached hydrogen (secondary N) is 6. The van der Waals surface area contributed by atoms with Gasteiger partial charge in [0.05, 0.1) is 24.9 Å². The zero-order valence-electron chi connectivity index (χ0n) is 39.7. The van der Waals surface area contributed by atoms with Crippen LogP contribution in [0.5, 0.6) is 0 Å². The molecule has 378 valence electrons. The van der Waals surface area contributed by atoms with Crippen LogP contribution in [0.2, 0.25) is 0 Å². The van der Waals surface area contributed by atoms with Crippen molar-refractivity contribution >= 4 is 71.0 Å². The third-order valence-electron chi connectivity index (χ3n) is 10.4. The summed E-state index contributed by atoms with van der Waals surface area (Å²) in [6, 6.07) is -10.1. The molecule has 24 heteroatoms. The van der Waals surface area contributed by atoms with E-state index in [4.69, 9.17) is 27.7 Å². The molecule has 16 N–H and O–H groups in total. The van der Waals surface area contributed by atoms with Crippen LogP contribution in [0.25, 0.3) is 0 Å². The highest BCUT2D eigenvalue weighted by Gasteiger charge is 2.37. The minimum Gasteiger partial charge on any atom is -0.481 e. The van der Waals surface area contributed by atoms with Gasteiger partial charge in [0, 0.05) is 19.0 Å². The Balaban J connectivity index is 6.51. The summed E-state index contributed by atoms with van der Waals surface area (Å²) >= 11 is 1.42. The van der Waals surface area contributed by atoms with Crippen LogP contribution >= 0.6 is 11.8 Å².